The van der Waals surface area contributed by atoms with Crippen molar-refractivity contribution in [3.05, 3.63) is 60.3 Å². The minimum atomic E-state index is 0.647. The molecule has 1 aromatic heterocycles. The first kappa shape index (κ1) is 18.5. The Hall–Kier alpha value is -3.28. The van der Waals surface area contributed by atoms with Gasteiger partial charge in [0.25, 0.3) is 0 Å². The fraction of sp³-hybridized carbons (Fsp3) is 0.238. The van der Waals surface area contributed by atoms with Crippen LogP contribution in [0.4, 0.5) is 23.1 Å². The van der Waals surface area contributed by atoms with Gasteiger partial charge in [0.05, 0.1) is 14.2 Å². The zero-order chi connectivity index (χ0) is 19.2. The first-order chi connectivity index (χ1) is 13.1. The second kappa shape index (κ2) is 8.40. The van der Waals surface area contributed by atoms with E-state index in [1.807, 2.05) is 30.3 Å². The molecule has 2 aromatic carbocycles. The highest BCUT2D eigenvalue weighted by Crippen LogP contribution is 2.31. The predicted molar refractivity (Wildman–Crippen MR) is 109 cm³/mol. The Labute approximate surface area is 159 Å². The molecule has 6 heteroatoms. The molecule has 0 bridgehead atoms. The molecule has 0 amide bonds. The van der Waals surface area contributed by atoms with Gasteiger partial charge < -0.3 is 19.7 Å². The van der Waals surface area contributed by atoms with Crippen molar-refractivity contribution in [2.45, 2.75) is 13.8 Å². The van der Waals surface area contributed by atoms with E-state index in [4.69, 9.17) is 9.47 Å². The van der Waals surface area contributed by atoms with Crippen LogP contribution in [0.25, 0.3) is 0 Å². The van der Waals surface area contributed by atoms with E-state index in [1.54, 1.807) is 20.4 Å². The van der Waals surface area contributed by atoms with Crippen LogP contribution in [0.5, 0.6) is 11.5 Å². The van der Waals surface area contributed by atoms with Crippen molar-refractivity contribution >= 4 is 23.1 Å². The minimum absolute atomic E-state index is 0.647. The lowest BCUT2D eigenvalue weighted by Crippen LogP contribution is -2.19. The molecule has 0 fully saturated rings. The van der Waals surface area contributed by atoms with Crippen LogP contribution in [0, 0.1) is 6.92 Å². The normalized spacial score (nSPS) is 10.4. The van der Waals surface area contributed by atoms with Gasteiger partial charge in [-0.1, -0.05) is 12.1 Å². The monoisotopic (exact) mass is 364 g/mol. The number of nitrogens with zero attached hydrogens (tertiary/aromatic N) is 3. The lowest BCUT2D eigenvalue weighted by molar-refractivity contribution is 0.355. The second-order valence-electron chi connectivity index (χ2n) is 6.02. The highest BCUT2D eigenvalue weighted by molar-refractivity contribution is 5.64. The molecule has 27 heavy (non-hydrogen) atoms. The van der Waals surface area contributed by atoms with Gasteiger partial charge in [-0.05, 0) is 49.7 Å². The molecule has 0 aliphatic rings. The smallest absolute Gasteiger partial charge is 0.231 e. The quantitative estimate of drug-likeness (QED) is 0.655. The third-order valence-electron chi connectivity index (χ3n) is 4.17. The maximum absolute atomic E-state index is 5.36. The van der Waals surface area contributed by atoms with E-state index in [0.717, 1.165) is 17.9 Å². The Balaban J connectivity index is 1.87. The van der Waals surface area contributed by atoms with Crippen LogP contribution < -0.4 is 19.7 Å². The molecular weight excluding hydrogens is 340 g/mol. The summed E-state index contributed by atoms with van der Waals surface area (Å²) in [5.74, 6) is 2.70. The van der Waals surface area contributed by atoms with E-state index in [2.05, 4.69) is 52.2 Å². The summed E-state index contributed by atoms with van der Waals surface area (Å²) in [7, 11) is 3.23. The summed E-state index contributed by atoms with van der Waals surface area (Å²) in [5, 5.41) is 3.30. The molecule has 6 nitrogen and oxygen atoms in total. The van der Waals surface area contributed by atoms with E-state index in [9.17, 15) is 0 Å². The molecule has 1 N–H and O–H groups in total. The summed E-state index contributed by atoms with van der Waals surface area (Å²) >= 11 is 0. The number of hydrogen-bond acceptors (Lipinski definition) is 6. The lowest BCUT2D eigenvalue weighted by atomic mass is 10.2. The zero-order valence-electron chi connectivity index (χ0n) is 16.1. The van der Waals surface area contributed by atoms with Gasteiger partial charge in [0, 0.05) is 30.2 Å². The number of aryl methyl sites for hydroxylation is 1. The van der Waals surface area contributed by atoms with Crippen LogP contribution in [0.2, 0.25) is 0 Å². The van der Waals surface area contributed by atoms with Gasteiger partial charge in [0.1, 0.15) is 5.82 Å². The number of benzene rings is 2. The van der Waals surface area contributed by atoms with Crippen molar-refractivity contribution in [3.63, 3.8) is 0 Å². The standard InChI is InChI=1S/C21H24N4O2/c1-5-25(17-8-6-7-15(2)13-17)21-22-12-11-20(24-21)23-16-9-10-18(26-3)19(14-16)27-4/h6-14H,5H2,1-4H3,(H,22,23,24). The van der Waals surface area contributed by atoms with E-state index < -0.39 is 0 Å². The number of ether oxygens (including phenoxy) is 2. The summed E-state index contributed by atoms with van der Waals surface area (Å²) in [4.78, 5) is 11.2. The Kier molecular flexibility index (Phi) is 5.76. The van der Waals surface area contributed by atoms with Crippen molar-refractivity contribution in [3.8, 4) is 11.5 Å². The van der Waals surface area contributed by atoms with Crippen LogP contribution in [-0.2, 0) is 0 Å². The number of anilines is 4. The van der Waals surface area contributed by atoms with Crippen LogP contribution in [-0.4, -0.2) is 30.7 Å². The van der Waals surface area contributed by atoms with Crippen molar-refractivity contribution in [1.82, 2.24) is 9.97 Å². The minimum Gasteiger partial charge on any atom is -0.493 e. The lowest BCUT2D eigenvalue weighted by Gasteiger charge is -2.21. The Morgan fingerprint density at radius 3 is 2.52 bits per heavy atom. The largest absolute Gasteiger partial charge is 0.493 e. The van der Waals surface area contributed by atoms with Crippen molar-refractivity contribution in [1.29, 1.82) is 0 Å². The van der Waals surface area contributed by atoms with E-state index >= 15 is 0 Å². The third-order valence-corrected chi connectivity index (χ3v) is 4.17. The number of methoxy groups -OCH3 is 2. The number of rotatable bonds is 7. The van der Waals surface area contributed by atoms with Gasteiger partial charge in [-0.2, -0.15) is 4.98 Å². The Bertz CT molecular complexity index is 914. The SMILES string of the molecule is CCN(c1cccc(C)c1)c1nccc(Nc2ccc(OC)c(OC)c2)n1. The fourth-order valence-electron chi connectivity index (χ4n) is 2.85. The van der Waals surface area contributed by atoms with Gasteiger partial charge in [0.15, 0.2) is 11.5 Å². The molecule has 0 aliphatic carbocycles. The fourth-order valence-corrected chi connectivity index (χ4v) is 2.85. The maximum Gasteiger partial charge on any atom is 0.231 e. The average Bonchev–Trinajstić information content (AvgIpc) is 2.69. The number of aromatic nitrogens is 2. The Morgan fingerprint density at radius 2 is 1.81 bits per heavy atom. The van der Waals surface area contributed by atoms with E-state index in [1.165, 1.54) is 5.56 Å². The molecule has 0 saturated heterocycles. The number of nitrogens with one attached hydrogen (secondary N) is 1. The first-order valence-corrected chi connectivity index (χ1v) is 8.81. The van der Waals surface area contributed by atoms with Crippen molar-refractivity contribution in [2.75, 3.05) is 31.0 Å². The molecule has 0 aliphatic heterocycles. The van der Waals surface area contributed by atoms with Gasteiger partial charge in [-0.25, -0.2) is 4.98 Å². The molecule has 0 unspecified atom stereocenters. The summed E-state index contributed by atoms with van der Waals surface area (Å²) in [5.41, 5.74) is 3.13. The van der Waals surface area contributed by atoms with E-state index in [-0.39, 0.29) is 0 Å². The molecule has 3 aromatic rings. The molecule has 0 atom stereocenters. The zero-order valence-corrected chi connectivity index (χ0v) is 16.1. The van der Waals surface area contributed by atoms with Crippen LogP contribution >= 0.6 is 0 Å². The van der Waals surface area contributed by atoms with Crippen LogP contribution in [0.15, 0.2) is 54.7 Å². The van der Waals surface area contributed by atoms with Crippen molar-refractivity contribution < 1.29 is 9.47 Å². The average molecular weight is 364 g/mol. The number of hydrogen-bond donors (Lipinski definition) is 1. The van der Waals surface area contributed by atoms with Crippen LogP contribution in [0.1, 0.15) is 12.5 Å². The second-order valence-corrected chi connectivity index (χ2v) is 6.02. The first-order valence-electron chi connectivity index (χ1n) is 8.81. The van der Waals surface area contributed by atoms with Crippen molar-refractivity contribution in [2.24, 2.45) is 0 Å². The molecule has 3 rings (SSSR count). The van der Waals surface area contributed by atoms with Gasteiger partial charge in [-0.15, -0.1) is 0 Å². The third kappa shape index (κ3) is 4.28. The summed E-state index contributed by atoms with van der Waals surface area (Å²) in [6.45, 7) is 4.93. The van der Waals surface area contributed by atoms with Crippen LogP contribution in [0.3, 0.4) is 0 Å². The predicted octanol–water partition coefficient (Wildman–Crippen LogP) is 4.70. The molecule has 0 radical (unpaired) electrons. The van der Waals surface area contributed by atoms with E-state index in [0.29, 0.717) is 23.3 Å². The maximum atomic E-state index is 5.36. The van der Waals surface area contributed by atoms with Gasteiger partial charge in [0.2, 0.25) is 5.95 Å². The molecule has 1 heterocycles. The topological polar surface area (TPSA) is 59.5 Å². The highest BCUT2D eigenvalue weighted by atomic mass is 16.5. The summed E-state index contributed by atoms with van der Waals surface area (Å²) < 4.78 is 10.6. The molecule has 140 valence electrons. The molecule has 0 spiro atoms. The molecule has 0 saturated carbocycles. The molecular formula is C21H24N4O2. The highest BCUT2D eigenvalue weighted by Gasteiger charge is 2.12. The van der Waals surface area contributed by atoms with Gasteiger partial charge >= 0.3 is 0 Å². The summed E-state index contributed by atoms with van der Waals surface area (Å²) in [6, 6.07) is 15.8. The Morgan fingerprint density at radius 1 is 1.00 bits per heavy atom. The van der Waals surface area contributed by atoms with Gasteiger partial charge in [-0.3, -0.25) is 0 Å². The summed E-state index contributed by atoms with van der Waals surface area (Å²) in [6.07, 6.45) is 1.75.